The van der Waals surface area contributed by atoms with Crippen LogP contribution in [0.15, 0.2) is 47.6 Å². The van der Waals surface area contributed by atoms with Crippen molar-refractivity contribution < 1.29 is 9.53 Å². The number of amides is 1. The largest absolute Gasteiger partial charge is 0.495 e. The van der Waals surface area contributed by atoms with Gasteiger partial charge in [-0.15, -0.1) is 22.0 Å². The molecule has 6 nitrogen and oxygen atoms in total. The van der Waals surface area contributed by atoms with Gasteiger partial charge in [0.05, 0.1) is 24.3 Å². The van der Waals surface area contributed by atoms with Crippen LogP contribution < -0.4 is 10.1 Å². The van der Waals surface area contributed by atoms with Crippen LogP contribution in [-0.2, 0) is 22.8 Å². The number of nitrogens with zero attached hydrogens (tertiary/aromatic N) is 3. The SMILES string of the molecule is CCn1c(CSCc2ccc(C)cc2)nnc1SCC(=O)Nc1cc(Cl)ccc1OC. The molecule has 0 atom stereocenters. The number of ether oxygens (including phenoxy) is 1. The lowest BCUT2D eigenvalue weighted by atomic mass is 10.2. The Morgan fingerprint density at radius 2 is 1.94 bits per heavy atom. The Hall–Kier alpha value is -2.16. The number of nitrogens with one attached hydrogen (secondary N) is 1. The van der Waals surface area contributed by atoms with E-state index < -0.39 is 0 Å². The number of thioether (sulfide) groups is 2. The van der Waals surface area contributed by atoms with Crippen molar-refractivity contribution in [2.75, 3.05) is 18.2 Å². The smallest absolute Gasteiger partial charge is 0.234 e. The third-order valence-corrected chi connectivity index (χ3v) is 6.70. The van der Waals surface area contributed by atoms with Gasteiger partial charge >= 0.3 is 0 Å². The van der Waals surface area contributed by atoms with E-state index in [4.69, 9.17) is 16.3 Å². The Labute approximate surface area is 196 Å². The van der Waals surface area contributed by atoms with E-state index in [1.807, 2.05) is 0 Å². The van der Waals surface area contributed by atoms with Crippen molar-refractivity contribution in [3.63, 3.8) is 0 Å². The minimum Gasteiger partial charge on any atom is -0.495 e. The van der Waals surface area contributed by atoms with Gasteiger partial charge in [0, 0.05) is 17.3 Å². The molecule has 2 aromatic carbocycles. The van der Waals surface area contributed by atoms with Crippen molar-refractivity contribution in [1.29, 1.82) is 0 Å². The molecule has 1 heterocycles. The fraction of sp³-hybridized carbons (Fsp3) is 0.318. The van der Waals surface area contributed by atoms with Crippen LogP contribution in [0.4, 0.5) is 5.69 Å². The molecule has 0 aliphatic heterocycles. The molecule has 0 saturated carbocycles. The number of benzene rings is 2. The summed E-state index contributed by atoms with van der Waals surface area (Å²) in [7, 11) is 1.55. The van der Waals surface area contributed by atoms with Gasteiger partial charge in [-0.1, -0.05) is 53.2 Å². The summed E-state index contributed by atoms with van der Waals surface area (Å²) < 4.78 is 7.33. The first-order valence-electron chi connectivity index (χ1n) is 9.81. The molecule has 0 aliphatic rings. The van der Waals surface area contributed by atoms with Crippen LogP contribution in [0.2, 0.25) is 5.02 Å². The number of hydrogen-bond donors (Lipinski definition) is 1. The number of aromatic nitrogens is 3. The maximum Gasteiger partial charge on any atom is 0.234 e. The molecular weight excluding hydrogens is 452 g/mol. The van der Waals surface area contributed by atoms with E-state index in [-0.39, 0.29) is 11.7 Å². The van der Waals surface area contributed by atoms with Gasteiger partial charge in [0.15, 0.2) is 5.16 Å². The summed E-state index contributed by atoms with van der Waals surface area (Å²) >= 11 is 9.19. The summed E-state index contributed by atoms with van der Waals surface area (Å²) in [5, 5.41) is 12.7. The second-order valence-electron chi connectivity index (χ2n) is 6.80. The number of carbonyl (C=O) groups is 1. The van der Waals surface area contributed by atoms with Gasteiger partial charge in [-0.25, -0.2) is 0 Å². The lowest BCUT2D eigenvalue weighted by Gasteiger charge is -2.11. The van der Waals surface area contributed by atoms with Gasteiger partial charge in [0.2, 0.25) is 5.91 Å². The number of anilines is 1. The molecule has 0 aliphatic carbocycles. The van der Waals surface area contributed by atoms with Crippen molar-refractivity contribution in [3.8, 4) is 5.75 Å². The summed E-state index contributed by atoms with van der Waals surface area (Å²) in [5.41, 5.74) is 3.10. The zero-order chi connectivity index (χ0) is 22.2. The van der Waals surface area contributed by atoms with Crippen LogP contribution in [0, 0.1) is 6.92 Å². The minimum absolute atomic E-state index is 0.161. The molecule has 1 N–H and O–H groups in total. The maximum atomic E-state index is 12.4. The second kappa shape index (κ2) is 11.5. The second-order valence-corrected chi connectivity index (χ2v) is 9.17. The highest BCUT2D eigenvalue weighted by atomic mass is 35.5. The summed E-state index contributed by atoms with van der Waals surface area (Å²) in [6, 6.07) is 13.7. The molecule has 31 heavy (non-hydrogen) atoms. The van der Waals surface area contributed by atoms with E-state index in [1.165, 1.54) is 22.9 Å². The van der Waals surface area contributed by atoms with E-state index in [0.29, 0.717) is 16.5 Å². The molecule has 1 aromatic heterocycles. The fourth-order valence-corrected chi connectivity index (χ4v) is 4.81. The third kappa shape index (κ3) is 6.66. The van der Waals surface area contributed by atoms with Crippen LogP contribution >= 0.6 is 35.1 Å². The van der Waals surface area contributed by atoms with Crippen molar-refractivity contribution in [3.05, 3.63) is 64.4 Å². The highest BCUT2D eigenvalue weighted by Gasteiger charge is 2.14. The van der Waals surface area contributed by atoms with Crippen molar-refractivity contribution in [2.24, 2.45) is 0 Å². The van der Waals surface area contributed by atoms with Gasteiger partial charge in [0.1, 0.15) is 11.6 Å². The van der Waals surface area contributed by atoms with Crippen LogP contribution in [0.25, 0.3) is 0 Å². The Bertz CT molecular complexity index is 1020. The standard InChI is InChI=1S/C22H25ClN4O2S2/c1-4-27-20(13-30-12-16-7-5-15(2)6-8-16)25-26-22(27)31-14-21(28)24-18-11-17(23)9-10-19(18)29-3/h5-11H,4,12-14H2,1-3H3,(H,24,28). The molecular formula is C22H25ClN4O2S2. The predicted molar refractivity (Wildman–Crippen MR) is 129 cm³/mol. The fourth-order valence-electron chi connectivity index (χ4n) is 2.89. The molecule has 0 fully saturated rings. The number of aryl methyl sites for hydroxylation is 1. The predicted octanol–water partition coefficient (Wildman–Crippen LogP) is 5.43. The van der Waals surface area contributed by atoms with Crippen LogP contribution in [-0.4, -0.2) is 33.5 Å². The van der Waals surface area contributed by atoms with E-state index in [2.05, 4.69) is 58.2 Å². The van der Waals surface area contributed by atoms with Gasteiger partial charge in [-0.2, -0.15) is 0 Å². The Balaban J connectivity index is 1.54. The summed E-state index contributed by atoms with van der Waals surface area (Å²) in [5.74, 6) is 3.22. The first-order valence-corrected chi connectivity index (χ1v) is 12.3. The van der Waals surface area contributed by atoms with Gasteiger partial charge in [0.25, 0.3) is 0 Å². The van der Waals surface area contributed by atoms with E-state index >= 15 is 0 Å². The monoisotopic (exact) mass is 476 g/mol. The maximum absolute atomic E-state index is 12.4. The Morgan fingerprint density at radius 1 is 1.16 bits per heavy atom. The van der Waals surface area contributed by atoms with E-state index in [9.17, 15) is 4.79 Å². The number of halogens is 1. The lowest BCUT2D eigenvalue weighted by molar-refractivity contribution is -0.113. The molecule has 0 bridgehead atoms. The molecule has 9 heteroatoms. The summed E-state index contributed by atoms with van der Waals surface area (Å²) in [4.78, 5) is 12.4. The number of rotatable bonds is 10. The molecule has 0 saturated heterocycles. The number of hydrogen-bond acceptors (Lipinski definition) is 6. The van der Waals surface area contributed by atoms with Crippen LogP contribution in [0.1, 0.15) is 23.9 Å². The van der Waals surface area contributed by atoms with Crippen LogP contribution in [0.5, 0.6) is 5.75 Å². The van der Waals surface area contributed by atoms with Gasteiger partial charge < -0.3 is 14.6 Å². The van der Waals surface area contributed by atoms with Crippen molar-refractivity contribution in [1.82, 2.24) is 14.8 Å². The Kier molecular flexibility index (Phi) is 8.69. The average Bonchev–Trinajstić information content (AvgIpc) is 3.15. The molecule has 3 aromatic rings. The molecule has 0 spiro atoms. The molecule has 164 valence electrons. The van der Waals surface area contributed by atoms with Crippen LogP contribution in [0.3, 0.4) is 0 Å². The zero-order valence-corrected chi connectivity index (χ0v) is 20.1. The Morgan fingerprint density at radius 3 is 2.65 bits per heavy atom. The van der Waals surface area contributed by atoms with Crippen molar-refractivity contribution >= 4 is 46.7 Å². The molecule has 0 radical (unpaired) electrons. The van der Waals surface area contributed by atoms with E-state index in [1.54, 1.807) is 37.1 Å². The first-order chi connectivity index (χ1) is 15.0. The molecule has 0 unspecified atom stereocenters. The lowest BCUT2D eigenvalue weighted by Crippen LogP contribution is -2.15. The summed E-state index contributed by atoms with van der Waals surface area (Å²) in [6.07, 6.45) is 0. The topological polar surface area (TPSA) is 69.0 Å². The zero-order valence-electron chi connectivity index (χ0n) is 17.7. The third-order valence-electron chi connectivity index (χ3n) is 4.50. The minimum atomic E-state index is -0.161. The normalized spacial score (nSPS) is 10.8. The molecule has 1 amide bonds. The number of carbonyl (C=O) groups excluding carboxylic acids is 1. The number of methoxy groups -OCH3 is 1. The molecule has 3 rings (SSSR count). The van der Waals surface area contributed by atoms with Gasteiger partial charge in [-0.05, 0) is 37.6 Å². The quantitative estimate of drug-likeness (QED) is 0.393. The van der Waals surface area contributed by atoms with Crippen molar-refractivity contribution in [2.45, 2.75) is 37.1 Å². The highest BCUT2D eigenvalue weighted by Crippen LogP contribution is 2.28. The van der Waals surface area contributed by atoms with Gasteiger partial charge in [-0.3, -0.25) is 4.79 Å². The summed E-state index contributed by atoms with van der Waals surface area (Å²) in [6.45, 7) is 4.89. The van der Waals surface area contributed by atoms with E-state index in [0.717, 1.165) is 29.0 Å². The first kappa shape index (κ1) is 23.5. The highest BCUT2D eigenvalue weighted by molar-refractivity contribution is 7.99. The average molecular weight is 477 g/mol.